The minimum absolute atomic E-state index is 0.0486. The number of carbonyl (C=O) groups is 1. The first-order chi connectivity index (χ1) is 16.8. The quantitative estimate of drug-likeness (QED) is 0.372. The van der Waals surface area contributed by atoms with Crippen LogP contribution in [0.1, 0.15) is 48.4 Å². The summed E-state index contributed by atoms with van der Waals surface area (Å²) < 4.78 is 26.4. The molecule has 0 radical (unpaired) electrons. The zero-order valence-electron chi connectivity index (χ0n) is 20.1. The third kappa shape index (κ3) is 6.12. The van der Waals surface area contributed by atoms with Crippen molar-refractivity contribution >= 4 is 17.7 Å². The highest BCUT2D eigenvalue weighted by Gasteiger charge is 2.26. The van der Waals surface area contributed by atoms with Gasteiger partial charge >= 0.3 is 0 Å². The Hall–Kier alpha value is -3.11. The Balaban J connectivity index is 1.33. The van der Waals surface area contributed by atoms with Gasteiger partial charge in [0.2, 0.25) is 11.1 Å². The summed E-state index contributed by atoms with van der Waals surface area (Å²) in [6.07, 6.45) is -0.280. The summed E-state index contributed by atoms with van der Waals surface area (Å²) in [7, 11) is 0. The number of halogens is 1. The van der Waals surface area contributed by atoms with Crippen molar-refractivity contribution in [1.29, 1.82) is 0 Å². The molecule has 0 saturated carbocycles. The van der Waals surface area contributed by atoms with Crippen LogP contribution in [0.15, 0.2) is 47.6 Å². The minimum Gasteiger partial charge on any atom is -0.485 e. The van der Waals surface area contributed by atoms with Crippen molar-refractivity contribution in [2.24, 2.45) is 0 Å². The van der Waals surface area contributed by atoms with Gasteiger partial charge in [0, 0.05) is 6.54 Å². The lowest BCUT2D eigenvalue weighted by Gasteiger charge is -2.33. The standard InChI is InChI=1S/C25H30FN5O3S/c1-16(2)20-9-4-17(3)12-21(20)34-14-23-28-29-25(31(23)27)35-15-24(32)30-10-11-33-22(13-30)18-5-7-19(26)8-6-18/h4-9,12,16,22H,10-11,13-15,27H2,1-3H3. The van der Waals surface area contributed by atoms with Gasteiger partial charge in [0.1, 0.15) is 24.3 Å². The Morgan fingerprint density at radius 3 is 2.77 bits per heavy atom. The monoisotopic (exact) mass is 499 g/mol. The fourth-order valence-electron chi connectivity index (χ4n) is 3.86. The molecule has 1 saturated heterocycles. The van der Waals surface area contributed by atoms with Crippen LogP contribution in [-0.2, 0) is 16.1 Å². The number of aromatic nitrogens is 3. The number of nitrogen functional groups attached to an aromatic ring is 1. The minimum atomic E-state index is -0.302. The fourth-order valence-corrected chi connectivity index (χ4v) is 4.64. The van der Waals surface area contributed by atoms with Crippen LogP contribution in [0.25, 0.3) is 0 Å². The van der Waals surface area contributed by atoms with Gasteiger partial charge in [-0.05, 0) is 47.7 Å². The van der Waals surface area contributed by atoms with Gasteiger partial charge in [-0.25, -0.2) is 9.07 Å². The lowest BCUT2D eigenvalue weighted by atomic mass is 10.0. The molecule has 1 fully saturated rings. The van der Waals surface area contributed by atoms with Gasteiger partial charge in [0.25, 0.3) is 0 Å². The van der Waals surface area contributed by atoms with E-state index in [1.807, 2.05) is 13.0 Å². The number of rotatable bonds is 8. The van der Waals surface area contributed by atoms with Crippen molar-refractivity contribution in [3.8, 4) is 5.75 Å². The van der Waals surface area contributed by atoms with Gasteiger partial charge in [0.05, 0.1) is 18.9 Å². The molecule has 186 valence electrons. The molecule has 1 aliphatic heterocycles. The lowest BCUT2D eigenvalue weighted by molar-refractivity contribution is -0.136. The van der Waals surface area contributed by atoms with Crippen LogP contribution in [0.5, 0.6) is 5.75 Å². The van der Waals surface area contributed by atoms with E-state index in [1.165, 1.54) is 28.6 Å². The molecule has 0 bridgehead atoms. The number of morpholine rings is 1. The van der Waals surface area contributed by atoms with E-state index in [9.17, 15) is 9.18 Å². The number of ether oxygens (including phenoxy) is 2. The van der Waals surface area contributed by atoms with E-state index in [0.717, 1.165) is 22.4 Å². The third-order valence-corrected chi connectivity index (χ3v) is 6.80. The van der Waals surface area contributed by atoms with Gasteiger partial charge in [-0.15, -0.1) is 10.2 Å². The van der Waals surface area contributed by atoms with E-state index in [0.29, 0.717) is 36.6 Å². The molecule has 1 aromatic heterocycles. The van der Waals surface area contributed by atoms with Crippen LogP contribution in [0.2, 0.25) is 0 Å². The van der Waals surface area contributed by atoms with Crippen LogP contribution in [0, 0.1) is 12.7 Å². The maximum Gasteiger partial charge on any atom is 0.233 e. The normalized spacial score (nSPS) is 16.0. The fraction of sp³-hybridized carbons (Fsp3) is 0.400. The lowest BCUT2D eigenvalue weighted by Crippen LogP contribution is -2.43. The molecular weight excluding hydrogens is 469 g/mol. The average molecular weight is 500 g/mol. The van der Waals surface area contributed by atoms with Crippen molar-refractivity contribution in [2.45, 2.75) is 44.6 Å². The number of aryl methyl sites for hydroxylation is 1. The van der Waals surface area contributed by atoms with Crippen molar-refractivity contribution in [3.63, 3.8) is 0 Å². The van der Waals surface area contributed by atoms with Crippen molar-refractivity contribution in [2.75, 3.05) is 31.3 Å². The van der Waals surface area contributed by atoms with E-state index in [1.54, 1.807) is 17.0 Å². The second-order valence-corrected chi connectivity index (χ2v) is 9.74. The summed E-state index contributed by atoms with van der Waals surface area (Å²) in [5.74, 6) is 7.60. The largest absolute Gasteiger partial charge is 0.485 e. The predicted molar refractivity (Wildman–Crippen MR) is 132 cm³/mol. The second-order valence-electron chi connectivity index (χ2n) is 8.79. The van der Waals surface area contributed by atoms with E-state index in [4.69, 9.17) is 15.3 Å². The highest BCUT2D eigenvalue weighted by atomic mass is 32.2. The van der Waals surface area contributed by atoms with Gasteiger partial charge in [-0.1, -0.05) is 49.9 Å². The van der Waals surface area contributed by atoms with E-state index in [-0.39, 0.29) is 30.2 Å². The summed E-state index contributed by atoms with van der Waals surface area (Å²) in [6, 6.07) is 12.3. The predicted octanol–water partition coefficient (Wildman–Crippen LogP) is 3.83. The molecule has 1 aliphatic rings. The van der Waals surface area contributed by atoms with Gasteiger partial charge in [-0.2, -0.15) is 0 Å². The van der Waals surface area contributed by atoms with Crippen LogP contribution in [-0.4, -0.2) is 51.1 Å². The number of nitrogens with two attached hydrogens (primary N) is 1. The molecule has 1 amide bonds. The van der Waals surface area contributed by atoms with Gasteiger partial charge in [-0.3, -0.25) is 4.79 Å². The highest BCUT2D eigenvalue weighted by Crippen LogP contribution is 2.28. The Bertz CT molecular complexity index is 1170. The molecule has 1 unspecified atom stereocenters. The summed E-state index contributed by atoms with van der Waals surface area (Å²) in [5.41, 5.74) is 3.07. The molecule has 2 aromatic carbocycles. The van der Waals surface area contributed by atoms with E-state index in [2.05, 4.69) is 36.2 Å². The Morgan fingerprint density at radius 1 is 1.26 bits per heavy atom. The van der Waals surface area contributed by atoms with E-state index < -0.39 is 0 Å². The van der Waals surface area contributed by atoms with Crippen LogP contribution in [0.3, 0.4) is 0 Å². The first-order valence-electron chi connectivity index (χ1n) is 11.5. The molecule has 35 heavy (non-hydrogen) atoms. The summed E-state index contributed by atoms with van der Waals surface area (Å²) in [4.78, 5) is 14.6. The molecule has 3 aromatic rings. The summed E-state index contributed by atoms with van der Waals surface area (Å²) >= 11 is 1.23. The molecule has 2 N–H and O–H groups in total. The second kappa shape index (κ2) is 11.1. The topological polar surface area (TPSA) is 95.5 Å². The zero-order valence-corrected chi connectivity index (χ0v) is 20.9. The summed E-state index contributed by atoms with van der Waals surface area (Å²) in [5, 5.41) is 8.71. The molecule has 8 nitrogen and oxygen atoms in total. The van der Waals surface area contributed by atoms with Crippen molar-refractivity contribution < 1.29 is 18.7 Å². The number of thioether (sulfide) groups is 1. The number of hydrogen-bond donors (Lipinski definition) is 1. The van der Waals surface area contributed by atoms with Crippen molar-refractivity contribution in [1.82, 2.24) is 19.8 Å². The maximum atomic E-state index is 13.2. The summed E-state index contributed by atoms with van der Waals surface area (Å²) in [6.45, 7) is 7.75. The van der Waals surface area contributed by atoms with Crippen LogP contribution < -0.4 is 10.6 Å². The van der Waals surface area contributed by atoms with Crippen molar-refractivity contribution in [3.05, 3.63) is 70.8 Å². The number of benzene rings is 2. The molecule has 10 heteroatoms. The number of carbonyl (C=O) groups excluding carboxylic acids is 1. The Kier molecular flexibility index (Phi) is 7.92. The third-order valence-electron chi connectivity index (χ3n) is 5.87. The van der Waals surface area contributed by atoms with Gasteiger partial charge < -0.3 is 20.2 Å². The Labute approximate surface area is 208 Å². The zero-order chi connectivity index (χ0) is 24.9. The SMILES string of the molecule is Cc1ccc(C(C)C)c(OCc2nnc(SCC(=O)N3CCOC(c4ccc(F)cc4)C3)n2N)c1. The number of hydrogen-bond acceptors (Lipinski definition) is 7. The molecule has 4 rings (SSSR count). The molecular formula is C25H30FN5O3S. The molecule has 0 spiro atoms. The number of nitrogens with zero attached hydrogens (tertiary/aromatic N) is 4. The molecule has 1 atom stereocenters. The first-order valence-corrected chi connectivity index (χ1v) is 12.5. The average Bonchev–Trinajstić information content (AvgIpc) is 3.20. The van der Waals surface area contributed by atoms with Crippen LogP contribution >= 0.6 is 11.8 Å². The smallest absolute Gasteiger partial charge is 0.233 e. The van der Waals surface area contributed by atoms with E-state index >= 15 is 0 Å². The number of amides is 1. The maximum absolute atomic E-state index is 13.2. The molecule has 0 aliphatic carbocycles. The first kappa shape index (κ1) is 25.0. The Morgan fingerprint density at radius 2 is 2.03 bits per heavy atom. The highest BCUT2D eigenvalue weighted by molar-refractivity contribution is 7.99. The molecule has 2 heterocycles. The van der Waals surface area contributed by atoms with Gasteiger partial charge in [0.15, 0.2) is 5.82 Å². The van der Waals surface area contributed by atoms with Crippen LogP contribution in [0.4, 0.5) is 4.39 Å².